The van der Waals surface area contributed by atoms with E-state index < -0.39 is 0 Å². The number of nitrogens with zero attached hydrogens (tertiary/aromatic N) is 3. The highest BCUT2D eigenvalue weighted by atomic mass is 15.3. The van der Waals surface area contributed by atoms with Crippen molar-refractivity contribution < 1.29 is 0 Å². The van der Waals surface area contributed by atoms with Gasteiger partial charge in [-0.3, -0.25) is 0 Å². The molecule has 0 N–H and O–H groups in total. The summed E-state index contributed by atoms with van der Waals surface area (Å²) in [6.07, 6.45) is 2.59. The van der Waals surface area contributed by atoms with Gasteiger partial charge in [0, 0.05) is 32.7 Å². The van der Waals surface area contributed by atoms with E-state index in [0.29, 0.717) is 0 Å². The molecular weight excluding hydrogens is 222 g/mol. The first-order chi connectivity index (χ1) is 8.61. The molecule has 18 heavy (non-hydrogen) atoms. The van der Waals surface area contributed by atoms with E-state index in [1.54, 1.807) is 0 Å². The van der Waals surface area contributed by atoms with E-state index in [1.165, 1.54) is 65.2 Å². The highest BCUT2D eigenvalue weighted by Crippen LogP contribution is 2.05. The van der Waals surface area contributed by atoms with E-state index in [-0.39, 0.29) is 0 Å². The predicted octanol–water partition coefficient (Wildman–Crippen LogP) is 1.99. The molecule has 0 unspecified atom stereocenters. The Kier molecular flexibility index (Phi) is 7.87. The molecule has 0 aromatic carbocycles. The summed E-state index contributed by atoms with van der Waals surface area (Å²) in [7, 11) is 2.24. The van der Waals surface area contributed by atoms with Crippen LogP contribution in [-0.2, 0) is 0 Å². The van der Waals surface area contributed by atoms with Crippen LogP contribution in [0.2, 0.25) is 0 Å². The first kappa shape index (κ1) is 15.9. The second-order valence-electron chi connectivity index (χ2n) is 6.19. The van der Waals surface area contributed by atoms with Gasteiger partial charge in [0.15, 0.2) is 0 Å². The fraction of sp³-hybridized carbons (Fsp3) is 1.00. The topological polar surface area (TPSA) is 9.72 Å². The molecule has 3 nitrogen and oxygen atoms in total. The maximum atomic E-state index is 2.64. The zero-order chi connectivity index (χ0) is 13.4. The quantitative estimate of drug-likeness (QED) is 0.657. The van der Waals surface area contributed by atoms with Gasteiger partial charge in [0.05, 0.1) is 0 Å². The van der Waals surface area contributed by atoms with E-state index >= 15 is 0 Å². The molecule has 1 fully saturated rings. The van der Waals surface area contributed by atoms with E-state index in [2.05, 4.69) is 42.5 Å². The van der Waals surface area contributed by atoms with E-state index in [9.17, 15) is 0 Å². The minimum absolute atomic E-state index is 0.805. The minimum atomic E-state index is 0.805. The molecule has 108 valence electrons. The Morgan fingerprint density at radius 3 is 2.17 bits per heavy atom. The predicted molar refractivity (Wildman–Crippen MR) is 80.1 cm³/mol. The number of piperazine rings is 1. The Labute approximate surface area is 114 Å². The second-order valence-corrected chi connectivity index (χ2v) is 6.19. The maximum Gasteiger partial charge on any atom is 0.0110 e. The van der Waals surface area contributed by atoms with Crippen LogP contribution in [0.4, 0.5) is 0 Å². The molecule has 1 aliphatic heterocycles. The molecule has 0 atom stereocenters. The molecule has 0 aromatic heterocycles. The normalized spacial score (nSPS) is 19.0. The van der Waals surface area contributed by atoms with Crippen molar-refractivity contribution in [2.45, 2.75) is 33.6 Å². The van der Waals surface area contributed by atoms with Gasteiger partial charge >= 0.3 is 0 Å². The van der Waals surface area contributed by atoms with Gasteiger partial charge in [0.2, 0.25) is 0 Å². The Hall–Kier alpha value is -0.120. The highest BCUT2D eigenvalue weighted by molar-refractivity contribution is 4.72. The molecule has 3 heteroatoms. The first-order valence-electron chi connectivity index (χ1n) is 7.75. The summed E-state index contributed by atoms with van der Waals surface area (Å²) in [6, 6.07) is 0. The first-order valence-corrected chi connectivity index (χ1v) is 7.75. The van der Waals surface area contributed by atoms with Crippen molar-refractivity contribution in [2.75, 3.05) is 59.4 Å². The lowest BCUT2D eigenvalue weighted by molar-refractivity contribution is 0.118. The molecule has 0 radical (unpaired) electrons. The fourth-order valence-electron chi connectivity index (χ4n) is 2.77. The summed E-state index contributed by atoms with van der Waals surface area (Å²) in [4.78, 5) is 7.70. The summed E-state index contributed by atoms with van der Waals surface area (Å²) in [5, 5.41) is 0. The summed E-state index contributed by atoms with van der Waals surface area (Å²) in [6.45, 7) is 17.0. The van der Waals surface area contributed by atoms with Gasteiger partial charge in [-0.25, -0.2) is 0 Å². The van der Waals surface area contributed by atoms with Crippen LogP contribution in [0, 0.1) is 5.92 Å². The Balaban J connectivity index is 2.05. The standard InChI is InChI=1S/C15H33N3/c1-5-7-16(4)8-6-9-17-10-12-18(13-11-17)14-15(2)3/h15H,5-14H2,1-4H3. The summed E-state index contributed by atoms with van der Waals surface area (Å²) >= 11 is 0. The maximum absolute atomic E-state index is 2.64. The number of rotatable bonds is 8. The van der Waals surface area contributed by atoms with E-state index in [4.69, 9.17) is 0 Å². The van der Waals surface area contributed by atoms with Crippen molar-refractivity contribution >= 4 is 0 Å². The van der Waals surface area contributed by atoms with Gasteiger partial charge in [-0.2, -0.15) is 0 Å². The summed E-state index contributed by atoms with van der Waals surface area (Å²) in [5.41, 5.74) is 0. The molecule has 1 heterocycles. The van der Waals surface area contributed by atoms with Crippen molar-refractivity contribution in [2.24, 2.45) is 5.92 Å². The van der Waals surface area contributed by atoms with Crippen molar-refractivity contribution in [3.05, 3.63) is 0 Å². The third-order valence-corrected chi connectivity index (χ3v) is 3.71. The lowest BCUT2D eigenvalue weighted by atomic mass is 10.2. The summed E-state index contributed by atoms with van der Waals surface area (Å²) in [5.74, 6) is 0.805. The molecule has 0 saturated carbocycles. The largest absolute Gasteiger partial charge is 0.306 e. The average molecular weight is 255 g/mol. The average Bonchev–Trinajstić information content (AvgIpc) is 2.31. The number of hydrogen-bond acceptors (Lipinski definition) is 3. The smallest absolute Gasteiger partial charge is 0.0110 e. The zero-order valence-electron chi connectivity index (χ0n) is 13.0. The van der Waals surface area contributed by atoms with E-state index in [1.807, 2.05) is 0 Å². The lowest BCUT2D eigenvalue weighted by Crippen LogP contribution is -2.47. The molecule has 0 aliphatic carbocycles. The zero-order valence-corrected chi connectivity index (χ0v) is 13.0. The van der Waals surface area contributed by atoms with Gasteiger partial charge in [0.1, 0.15) is 0 Å². The van der Waals surface area contributed by atoms with Crippen molar-refractivity contribution in [1.29, 1.82) is 0 Å². The molecule has 0 spiro atoms. The van der Waals surface area contributed by atoms with Crippen LogP contribution in [0.3, 0.4) is 0 Å². The highest BCUT2D eigenvalue weighted by Gasteiger charge is 2.16. The molecule has 1 rings (SSSR count). The molecule has 0 bridgehead atoms. The van der Waals surface area contributed by atoms with Gasteiger partial charge in [-0.1, -0.05) is 20.8 Å². The van der Waals surface area contributed by atoms with Gasteiger partial charge in [0.25, 0.3) is 0 Å². The van der Waals surface area contributed by atoms with Gasteiger partial charge in [-0.05, 0) is 45.4 Å². The monoisotopic (exact) mass is 255 g/mol. The van der Waals surface area contributed by atoms with Crippen LogP contribution in [0.5, 0.6) is 0 Å². The molecule has 0 aromatic rings. The Bertz CT molecular complexity index is 198. The molecule has 1 aliphatic rings. The molecule has 1 saturated heterocycles. The Morgan fingerprint density at radius 1 is 1.00 bits per heavy atom. The van der Waals surface area contributed by atoms with Crippen molar-refractivity contribution in [1.82, 2.24) is 14.7 Å². The van der Waals surface area contributed by atoms with Crippen LogP contribution < -0.4 is 0 Å². The SMILES string of the molecule is CCCN(C)CCCN1CCN(CC(C)C)CC1. The molecule has 0 amide bonds. The van der Waals surface area contributed by atoms with Gasteiger partial charge < -0.3 is 14.7 Å². The summed E-state index contributed by atoms with van der Waals surface area (Å²) < 4.78 is 0. The minimum Gasteiger partial charge on any atom is -0.306 e. The lowest BCUT2D eigenvalue weighted by Gasteiger charge is -2.35. The Morgan fingerprint density at radius 2 is 1.61 bits per heavy atom. The van der Waals surface area contributed by atoms with Crippen LogP contribution in [0.1, 0.15) is 33.6 Å². The van der Waals surface area contributed by atoms with Crippen LogP contribution >= 0.6 is 0 Å². The van der Waals surface area contributed by atoms with Crippen LogP contribution in [0.15, 0.2) is 0 Å². The van der Waals surface area contributed by atoms with Crippen LogP contribution in [-0.4, -0.2) is 74.1 Å². The fourth-order valence-corrected chi connectivity index (χ4v) is 2.77. The van der Waals surface area contributed by atoms with Crippen LogP contribution in [0.25, 0.3) is 0 Å². The third-order valence-electron chi connectivity index (χ3n) is 3.71. The molecular formula is C15H33N3. The second kappa shape index (κ2) is 8.89. The van der Waals surface area contributed by atoms with Gasteiger partial charge in [-0.15, -0.1) is 0 Å². The number of hydrogen-bond donors (Lipinski definition) is 0. The van der Waals surface area contributed by atoms with Crippen molar-refractivity contribution in [3.8, 4) is 0 Å². The third kappa shape index (κ3) is 6.72. The van der Waals surface area contributed by atoms with Crippen molar-refractivity contribution in [3.63, 3.8) is 0 Å². The van der Waals surface area contributed by atoms with E-state index in [0.717, 1.165) is 5.92 Å².